The summed E-state index contributed by atoms with van der Waals surface area (Å²) in [6.07, 6.45) is 5.21. The van der Waals surface area contributed by atoms with Gasteiger partial charge in [0.1, 0.15) is 5.76 Å². The van der Waals surface area contributed by atoms with E-state index in [1.54, 1.807) is 54.9 Å². The molecular weight excluding hydrogens is 424 g/mol. The van der Waals surface area contributed by atoms with Gasteiger partial charge < -0.3 is 19.2 Å². The zero-order valence-corrected chi connectivity index (χ0v) is 18.0. The van der Waals surface area contributed by atoms with Crippen LogP contribution in [0, 0.1) is 0 Å². The monoisotopic (exact) mass is 446 g/mol. The lowest BCUT2D eigenvalue weighted by Gasteiger charge is -2.22. The van der Waals surface area contributed by atoms with E-state index in [-0.39, 0.29) is 30.5 Å². The summed E-state index contributed by atoms with van der Waals surface area (Å²) in [4.78, 5) is 39.0. The van der Waals surface area contributed by atoms with Gasteiger partial charge in [-0.2, -0.15) is 4.98 Å². The fourth-order valence-electron chi connectivity index (χ4n) is 3.18. The van der Waals surface area contributed by atoms with Gasteiger partial charge in [-0.25, -0.2) is 9.97 Å². The Labute approximate surface area is 189 Å². The quantitative estimate of drug-likeness (QED) is 0.416. The average molecular weight is 446 g/mol. The van der Waals surface area contributed by atoms with Gasteiger partial charge in [0.25, 0.3) is 5.91 Å². The molecule has 10 nitrogen and oxygen atoms in total. The van der Waals surface area contributed by atoms with Gasteiger partial charge in [0.05, 0.1) is 12.8 Å². The van der Waals surface area contributed by atoms with Crippen LogP contribution in [0.25, 0.3) is 11.6 Å². The summed E-state index contributed by atoms with van der Waals surface area (Å²) < 4.78 is 10.7. The SMILES string of the molecule is CNC(=O)c1ccc(CN(Cc2ccco2)C(=O)CCc2nc(-c3ncccn3)no2)cc1. The predicted molar refractivity (Wildman–Crippen MR) is 116 cm³/mol. The summed E-state index contributed by atoms with van der Waals surface area (Å²) in [5.74, 6) is 1.38. The van der Waals surface area contributed by atoms with Gasteiger partial charge in [0.15, 0.2) is 0 Å². The number of hydrogen-bond donors (Lipinski definition) is 1. The molecule has 0 spiro atoms. The molecule has 0 aliphatic rings. The minimum absolute atomic E-state index is 0.0995. The number of furan rings is 1. The van der Waals surface area contributed by atoms with Crippen LogP contribution in [0.5, 0.6) is 0 Å². The van der Waals surface area contributed by atoms with Crippen molar-refractivity contribution < 1.29 is 18.5 Å². The summed E-state index contributed by atoms with van der Waals surface area (Å²) in [5, 5.41) is 6.47. The standard InChI is InChI=1S/C23H22N6O4/c1-24-23(31)17-7-5-16(6-8-17)14-29(15-18-4-2-13-32-18)20(30)10-9-19-27-22(28-33-19)21-25-11-3-12-26-21/h2-8,11-13H,9-10,14-15H2,1H3,(H,24,31). The van der Waals surface area contributed by atoms with Crippen molar-refractivity contribution in [2.45, 2.75) is 25.9 Å². The molecular formula is C23H22N6O4. The molecule has 1 N–H and O–H groups in total. The third-order valence-corrected chi connectivity index (χ3v) is 4.88. The van der Waals surface area contributed by atoms with E-state index in [9.17, 15) is 9.59 Å². The summed E-state index contributed by atoms with van der Waals surface area (Å²) in [5.41, 5.74) is 1.45. The van der Waals surface area contributed by atoms with E-state index >= 15 is 0 Å². The Kier molecular flexibility index (Phi) is 6.84. The maximum absolute atomic E-state index is 13.1. The van der Waals surface area contributed by atoms with Crippen molar-refractivity contribution in [3.63, 3.8) is 0 Å². The Balaban J connectivity index is 1.42. The van der Waals surface area contributed by atoms with Crippen molar-refractivity contribution >= 4 is 11.8 Å². The molecule has 4 aromatic rings. The number of rotatable bonds is 9. The van der Waals surface area contributed by atoms with Gasteiger partial charge in [-0.15, -0.1) is 0 Å². The highest BCUT2D eigenvalue weighted by Gasteiger charge is 2.18. The van der Waals surface area contributed by atoms with E-state index in [0.717, 1.165) is 5.56 Å². The third-order valence-electron chi connectivity index (χ3n) is 4.88. The number of carbonyl (C=O) groups excluding carboxylic acids is 2. The Bertz CT molecular complexity index is 1190. The molecule has 10 heteroatoms. The number of benzene rings is 1. The Morgan fingerprint density at radius 1 is 1.00 bits per heavy atom. The van der Waals surface area contributed by atoms with Crippen LogP contribution in [-0.4, -0.2) is 43.9 Å². The van der Waals surface area contributed by atoms with Crippen LogP contribution in [0.4, 0.5) is 0 Å². The molecule has 3 heterocycles. The topological polar surface area (TPSA) is 127 Å². The zero-order chi connectivity index (χ0) is 23.0. The average Bonchev–Trinajstić information content (AvgIpc) is 3.55. The van der Waals surface area contributed by atoms with Gasteiger partial charge in [-0.1, -0.05) is 17.3 Å². The number of hydrogen-bond acceptors (Lipinski definition) is 8. The second-order valence-electron chi connectivity index (χ2n) is 7.19. The molecule has 0 atom stereocenters. The molecule has 0 aliphatic carbocycles. The molecule has 0 unspecified atom stereocenters. The van der Waals surface area contributed by atoms with Gasteiger partial charge >= 0.3 is 0 Å². The van der Waals surface area contributed by atoms with E-state index in [0.29, 0.717) is 36.1 Å². The van der Waals surface area contributed by atoms with Crippen molar-refractivity contribution in [1.29, 1.82) is 0 Å². The largest absolute Gasteiger partial charge is 0.467 e. The zero-order valence-electron chi connectivity index (χ0n) is 18.0. The molecule has 0 saturated heterocycles. The van der Waals surface area contributed by atoms with Crippen LogP contribution in [0.2, 0.25) is 0 Å². The van der Waals surface area contributed by atoms with Crippen molar-refractivity contribution in [1.82, 2.24) is 30.3 Å². The molecule has 1 aromatic carbocycles. The Hall–Kier alpha value is -4.34. The van der Waals surface area contributed by atoms with Gasteiger partial charge in [-0.05, 0) is 35.9 Å². The van der Waals surface area contributed by atoms with Crippen LogP contribution in [0.3, 0.4) is 0 Å². The molecule has 0 bridgehead atoms. The lowest BCUT2D eigenvalue weighted by atomic mass is 10.1. The maximum atomic E-state index is 13.1. The molecule has 4 rings (SSSR count). The fourth-order valence-corrected chi connectivity index (χ4v) is 3.18. The van der Waals surface area contributed by atoms with Crippen LogP contribution >= 0.6 is 0 Å². The lowest BCUT2D eigenvalue weighted by Crippen LogP contribution is -2.30. The van der Waals surface area contributed by atoms with E-state index in [1.165, 1.54) is 0 Å². The smallest absolute Gasteiger partial charge is 0.251 e. The first-order chi connectivity index (χ1) is 16.1. The second-order valence-corrected chi connectivity index (χ2v) is 7.19. The molecule has 0 radical (unpaired) electrons. The maximum Gasteiger partial charge on any atom is 0.251 e. The van der Waals surface area contributed by atoms with Crippen molar-refractivity contribution in [2.75, 3.05) is 7.05 Å². The number of aromatic nitrogens is 4. The normalized spacial score (nSPS) is 10.7. The Morgan fingerprint density at radius 2 is 1.79 bits per heavy atom. The number of nitrogens with one attached hydrogen (secondary N) is 1. The predicted octanol–water partition coefficient (Wildman–Crippen LogP) is 2.64. The van der Waals surface area contributed by atoms with Crippen LogP contribution in [0.15, 0.2) is 70.1 Å². The molecule has 33 heavy (non-hydrogen) atoms. The highest BCUT2D eigenvalue weighted by atomic mass is 16.5. The Morgan fingerprint density at radius 3 is 2.48 bits per heavy atom. The van der Waals surface area contributed by atoms with E-state index in [4.69, 9.17) is 8.94 Å². The van der Waals surface area contributed by atoms with Gasteiger partial charge in [0, 0.05) is 44.4 Å². The summed E-state index contributed by atoms with van der Waals surface area (Å²) in [6, 6.07) is 12.4. The van der Waals surface area contributed by atoms with E-state index in [2.05, 4.69) is 25.4 Å². The van der Waals surface area contributed by atoms with E-state index < -0.39 is 0 Å². The first-order valence-corrected chi connectivity index (χ1v) is 10.3. The summed E-state index contributed by atoms with van der Waals surface area (Å²) in [7, 11) is 1.58. The first-order valence-electron chi connectivity index (χ1n) is 10.3. The van der Waals surface area contributed by atoms with Crippen LogP contribution < -0.4 is 5.32 Å². The summed E-state index contributed by atoms with van der Waals surface area (Å²) >= 11 is 0. The third kappa shape index (κ3) is 5.67. The first kappa shape index (κ1) is 21.9. The number of nitrogens with zero attached hydrogens (tertiary/aromatic N) is 5. The van der Waals surface area contributed by atoms with E-state index in [1.807, 2.05) is 18.2 Å². The van der Waals surface area contributed by atoms with Crippen molar-refractivity contribution in [3.05, 3.63) is 83.9 Å². The van der Waals surface area contributed by atoms with Crippen molar-refractivity contribution in [3.8, 4) is 11.6 Å². The van der Waals surface area contributed by atoms with Gasteiger partial charge in [0.2, 0.25) is 23.4 Å². The van der Waals surface area contributed by atoms with Crippen LogP contribution in [0.1, 0.15) is 34.0 Å². The minimum Gasteiger partial charge on any atom is -0.467 e. The lowest BCUT2D eigenvalue weighted by molar-refractivity contribution is -0.132. The molecule has 0 saturated carbocycles. The van der Waals surface area contributed by atoms with Gasteiger partial charge in [-0.3, -0.25) is 9.59 Å². The fraction of sp³-hybridized carbons (Fsp3) is 0.217. The van der Waals surface area contributed by atoms with Crippen molar-refractivity contribution in [2.24, 2.45) is 0 Å². The number of aryl methyl sites for hydroxylation is 1. The molecule has 0 fully saturated rings. The number of carbonyl (C=O) groups is 2. The number of amides is 2. The highest BCUT2D eigenvalue weighted by Crippen LogP contribution is 2.15. The molecule has 168 valence electrons. The molecule has 3 aromatic heterocycles. The molecule has 2 amide bonds. The second kappa shape index (κ2) is 10.3. The van der Waals surface area contributed by atoms with Crippen LogP contribution in [-0.2, 0) is 24.3 Å². The highest BCUT2D eigenvalue weighted by molar-refractivity contribution is 5.93. The molecule has 0 aliphatic heterocycles. The summed E-state index contributed by atoms with van der Waals surface area (Å²) in [6.45, 7) is 0.677. The minimum atomic E-state index is -0.162.